The molecule has 2 N–H and O–H groups in total. The largest absolute Gasteiger partial charge is 0.460 e. The third-order valence-corrected chi connectivity index (χ3v) is 1.51. The molecule has 12 heavy (non-hydrogen) atoms. The van der Waals surface area contributed by atoms with E-state index in [1.807, 2.05) is 19.1 Å². The minimum absolute atomic E-state index is 0.372. The highest BCUT2D eigenvalue weighted by Gasteiger charge is 2.01. The van der Waals surface area contributed by atoms with Gasteiger partial charge in [-0.05, 0) is 12.1 Å². The Kier molecular flexibility index (Phi) is 2.54. The van der Waals surface area contributed by atoms with Crippen molar-refractivity contribution in [3.05, 3.63) is 29.7 Å². The zero-order valence-corrected chi connectivity index (χ0v) is 6.87. The lowest BCUT2D eigenvalue weighted by atomic mass is 10.3. The summed E-state index contributed by atoms with van der Waals surface area (Å²) < 4.78 is 5.30. The molecule has 3 heteroatoms. The topological polar surface area (TPSA) is 63.0 Å². The van der Waals surface area contributed by atoms with E-state index in [9.17, 15) is 0 Å². The number of hydrogen-bond donors (Lipinski definition) is 1. The lowest BCUT2D eigenvalue weighted by Crippen LogP contribution is -1.93. The van der Waals surface area contributed by atoms with Crippen LogP contribution in [0.25, 0.3) is 5.70 Å². The molecule has 0 amide bonds. The number of rotatable bonds is 2. The maximum absolute atomic E-state index is 8.31. The van der Waals surface area contributed by atoms with Gasteiger partial charge in [-0.15, -0.1) is 0 Å². The Balaban J connectivity index is 2.90. The molecule has 0 aliphatic carbocycles. The summed E-state index contributed by atoms with van der Waals surface area (Å²) in [6.07, 6.45) is 2.10. The summed E-state index contributed by atoms with van der Waals surface area (Å²) in [7, 11) is 0. The second-order valence-electron chi connectivity index (χ2n) is 2.35. The summed E-state index contributed by atoms with van der Waals surface area (Å²) in [6, 6.07) is 5.47. The monoisotopic (exact) mass is 162 g/mol. The predicted molar refractivity (Wildman–Crippen MR) is 45.9 cm³/mol. The predicted octanol–water partition coefficient (Wildman–Crippen LogP) is 1.67. The molecule has 0 aromatic carbocycles. The van der Waals surface area contributed by atoms with Crippen LogP contribution in [0.3, 0.4) is 0 Å². The molecule has 0 atom stereocenters. The first-order valence-corrected chi connectivity index (χ1v) is 3.72. The van der Waals surface area contributed by atoms with Gasteiger partial charge in [0.15, 0.2) is 5.76 Å². The zero-order chi connectivity index (χ0) is 8.97. The highest BCUT2D eigenvalue weighted by Crippen LogP contribution is 2.13. The normalized spacial score (nSPS) is 11.2. The smallest absolute Gasteiger partial charge is 0.150 e. The van der Waals surface area contributed by atoms with Crippen molar-refractivity contribution < 1.29 is 4.42 Å². The fraction of sp³-hybridized carbons (Fsp3) is 0.222. The van der Waals surface area contributed by atoms with E-state index in [1.165, 1.54) is 6.08 Å². The van der Waals surface area contributed by atoms with Crippen molar-refractivity contribution in [3.8, 4) is 6.07 Å². The molecule has 0 fully saturated rings. The molecule has 0 aliphatic heterocycles. The van der Waals surface area contributed by atoms with Gasteiger partial charge in [-0.3, -0.25) is 0 Å². The van der Waals surface area contributed by atoms with E-state index < -0.39 is 0 Å². The number of nitrogens with two attached hydrogens (primary N) is 1. The molecular weight excluding hydrogens is 152 g/mol. The lowest BCUT2D eigenvalue weighted by Gasteiger charge is -1.92. The van der Waals surface area contributed by atoms with Gasteiger partial charge >= 0.3 is 0 Å². The van der Waals surface area contributed by atoms with Gasteiger partial charge in [-0.25, -0.2) is 0 Å². The van der Waals surface area contributed by atoms with Crippen LogP contribution in [0.1, 0.15) is 18.4 Å². The first-order valence-electron chi connectivity index (χ1n) is 3.72. The molecule has 0 unspecified atom stereocenters. The molecule has 62 valence electrons. The first kappa shape index (κ1) is 8.41. The van der Waals surface area contributed by atoms with Crippen LogP contribution < -0.4 is 5.73 Å². The fourth-order valence-electron chi connectivity index (χ4n) is 0.864. The summed E-state index contributed by atoms with van der Waals surface area (Å²) in [6.45, 7) is 1.99. The summed E-state index contributed by atoms with van der Waals surface area (Å²) in [5, 5.41) is 8.31. The third kappa shape index (κ3) is 1.67. The van der Waals surface area contributed by atoms with Crippen LogP contribution in [-0.2, 0) is 6.42 Å². The van der Waals surface area contributed by atoms with Crippen LogP contribution in [0.5, 0.6) is 0 Å². The Morgan fingerprint density at radius 1 is 1.75 bits per heavy atom. The summed E-state index contributed by atoms with van der Waals surface area (Å²) in [5.41, 5.74) is 5.89. The minimum Gasteiger partial charge on any atom is -0.460 e. The number of nitrogens with zero attached hydrogens (tertiary/aromatic N) is 1. The second-order valence-corrected chi connectivity index (χ2v) is 2.35. The molecule has 0 spiro atoms. The van der Waals surface area contributed by atoms with E-state index in [-0.39, 0.29) is 0 Å². The number of hydrogen-bond acceptors (Lipinski definition) is 3. The molecule has 1 aromatic rings. The van der Waals surface area contributed by atoms with Gasteiger partial charge < -0.3 is 10.2 Å². The number of nitriles is 1. The van der Waals surface area contributed by atoms with Gasteiger partial charge in [0.2, 0.25) is 0 Å². The SMILES string of the molecule is CCc1ccc(/C(N)=C/C#N)o1. The Labute approximate surface area is 71.1 Å². The van der Waals surface area contributed by atoms with Crippen LogP contribution >= 0.6 is 0 Å². The van der Waals surface area contributed by atoms with Crippen molar-refractivity contribution in [2.45, 2.75) is 13.3 Å². The van der Waals surface area contributed by atoms with Crippen LogP contribution in [0, 0.1) is 11.3 Å². The van der Waals surface area contributed by atoms with Gasteiger partial charge in [0.25, 0.3) is 0 Å². The average Bonchev–Trinajstić information content (AvgIpc) is 2.52. The maximum atomic E-state index is 8.31. The molecule has 0 saturated carbocycles. The van der Waals surface area contributed by atoms with Crippen molar-refractivity contribution in [1.29, 1.82) is 5.26 Å². The second kappa shape index (κ2) is 3.63. The van der Waals surface area contributed by atoms with Crippen LogP contribution in [0.2, 0.25) is 0 Å². The quantitative estimate of drug-likeness (QED) is 0.672. The standard InChI is InChI=1S/C9H10N2O/c1-2-7-3-4-9(12-7)8(11)5-6-10/h3-5H,2,11H2,1H3/b8-5-. The molecule has 3 nitrogen and oxygen atoms in total. The van der Waals surface area contributed by atoms with Gasteiger partial charge in [-0.2, -0.15) is 5.26 Å². The lowest BCUT2D eigenvalue weighted by molar-refractivity contribution is 0.503. The Morgan fingerprint density at radius 3 is 3.00 bits per heavy atom. The van der Waals surface area contributed by atoms with Crippen molar-refractivity contribution in [2.24, 2.45) is 5.73 Å². The van der Waals surface area contributed by atoms with Gasteiger partial charge in [0, 0.05) is 12.5 Å². The molecule has 0 bridgehead atoms. The van der Waals surface area contributed by atoms with Crippen molar-refractivity contribution in [2.75, 3.05) is 0 Å². The molecule has 0 radical (unpaired) electrons. The summed E-state index contributed by atoms with van der Waals surface area (Å²) in [5.74, 6) is 1.44. The highest BCUT2D eigenvalue weighted by molar-refractivity contribution is 5.60. The highest BCUT2D eigenvalue weighted by atomic mass is 16.3. The van der Waals surface area contributed by atoms with Crippen LogP contribution in [0.15, 0.2) is 22.6 Å². The van der Waals surface area contributed by atoms with Gasteiger partial charge in [-0.1, -0.05) is 6.92 Å². The number of allylic oxidation sites excluding steroid dienone is 1. The van der Waals surface area contributed by atoms with E-state index in [0.29, 0.717) is 11.5 Å². The summed E-state index contributed by atoms with van der Waals surface area (Å²) in [4.78, 5) is 0. The third-order valence-electron chi connectivity index (χ3n) is 1.51. The molecule has 0 aliphatic rings. The summed E-state index contributed by atoms with van der Waals surface area (Å²) >= 11 is 0. The average molecular weight is 162 g/mol. The van der Waals surface area contributed by atoms with Crippen LogP contribution in [0.4, 0.5) is 0 Å². The van der Waals surface area contributed by atoms with Crippen LogP contribution in [-0.4, -0.2) is 0 Å². The molecular formula is C9H10N2O. The fourth-order valence-corrected chi connectivity index (χ4v) is 0.864. The first-order chi connectivity index (χ1) is 5.77. The maximum Gasteiger partial charge on any atom is 0.150 e. The molecule has 0 saturated heterocycles. The molecule has 1 rings (SSSR count). The molecule has 1 aromatic heterocycles. The Bertz CT molecular complexity index is 331. The van der Waals surface area contributed by atoms with Crippen molar-refractivity contribution >= 4 is 5.70 Å². The van der Waals surface area contributed by atoms with E-state index >= 15 is 0 Å². The van der Waals surface area contributed by atoms with Crippen molar-refractivity contribution in [3.63, 3.8) is 0 Å². The van der Waals surface area contributed by atoms with E-state index in [2.05, 4.69) is 0 Å². The molecule has 1 heterocycles. The zero-order valence-electron chi connectivity index (χ0n) is 6.87. The Morgan fingerprint density at radius 2 is 2.50 bits per heavy atom. The van der Waals surface area contributed by atoms with E-state index in [0.717, 1.165) is 12.2 Å². The van der Waals surface area contributed by atoms with Crippen molar-refractivity contribution in [1.82, 2.24) is 0 Å². The van der Waals surface area contributed by atoms with E-state index in [1.54, 1.807) is 6.07 Å². The van der Waals surface area contributed by atoms with E-state index in [4.69, 9.17) is 15.4 Å². The Hall–Kier alpha value is -1.69. The minimum atomic E-state index is 0.372. The van der Waals surface area contributed by atoms with Gasteiger partial charge in [0.05, 0.1) is 11.8 Å². The van der Waals surface area contributed by atoms with Gasteiger partial charge in [0.1, 0.15) is 5.76 Å². The number of furan rings is 1. The number of aryl methyl sites for hydroxylation is 1.